The number of aromatic nitrogens is 3. The van der Waals surface area contributed by atoms with Gasteiger partial charge < -0.3 is 18.4 Å². The molecule has 0 amide bonds. The normalized spacial score (nSPS) is 11.8. The predicted molar refractivity (Wildman–Crippen MR) is 106 cm³/mol. The van der Waals surface area contributed by atoms with Gasteiger partial charge in [-0.3, -0.25) is 0 Å². The van der Waals surface area contributed by atoms with Crippen LogP contribution in [-0.2, 0) is 6.61 Å². The molecule has 0 aliphatic rings. The molecule has 3 heterocycles. The Balaban J connectivity index is 1.37. The van der Waals surface area contributed by atoms with Crippen LogP contribution in [0.3, 0.4) is 0 Å². The molecule has 0 bridgehead atoms. The molecule has 0 aliphatic carbocycles. The topological polar surface area (TPSA) is 61.8 Å². The first-order chi connectivity index (χ1) is 14.9. The first-order valence-corrected chi connectivity index (χ1v) is 9.26. The van der Waals surface area contributed by atoms with Crippen molar-refractivity contribution in [2.24, 2.45) is 0 Å². The van der Waals surface area contributed by atoms with Crippen molar-refractivity contribution >= 4 is 16.6 Å². The highest BCUT2D eigenvalue weighted by atomic mass is 19.4. The molecule has 5 aromatic rings. The second-order valence-corrected chi connectivity index (χ2v) is 6.76. The molecular weight excluding hydrogens is 411 g/mol. The average molecular weight is 425 g/mol. The number of rotatable bonds is 5. The molecule has 0 spiro atoms. The van der Waals surface area contributed by atoms with Crippen LogP contribution in [0.5, 0.6) is 11.6 Å². The molecule has 3 aromatic heterocycles. The molecule has 6 nitrogen and oxygen atoms in total. The van der Waals surface area contributed by atoms with Gasteiger partial charge in [0.1, 0.15) is 18.0 Å². The van der Waals surface area contributed by atoms with E-state index in [4.69, 9.17) is 9.26 Å². The van der Waals surface area contributed by atoms with E-state index < -0.39 is 6.36 Å². The molecule has 0 N–H and O–H groups in total. The highest BCUT2D eigenvalue weighted by Gasteiger charge is 2.31. The van der Waals surface area contributed by atoms with E-state index >= 15 is 0 Å². The fourth-order valence-electron chi connectivity index (χ4n) is 3.25. The van der Waals surface area contributed by atoms with E-state index in [1.165, 1.54) is 12.1 Å². The molecule has 0 unspecified atom stereocenters. The number of nitrogens with zero attached hydrogens (tertiary/aromatic N) is 3. The molecule has 0 atom stereocenters. The Morgan fingerprint density at radius 1 is 0.968 bits per heavy atom. The average Bonchev–Trinajstić information content (AvgIpc) is 3.34. The number of hydrogen-bond acceptors (Lipinski definition) is 5. The lowest BCUT2D eigenvalue weighted by molar-refractivity contribution is -0.274. The molecular formula is C22H14F3N3O3. The minimum atomic E-state index is -4.73. The lowest BCUT2D eigenvalue weighted by Gasteiger charge is -2.09. The molecule has 5 rings (SSSR count). The monoisotopic (exact) mass is 425 g/mol. The van der Waals surface area contributed by atoms with Crippen LogP contribution in [0, 0.1) is 0 Å². The van der Waals surface area contributed by atoms with Gasteiger partial charge >= 0.3 is 6.36 Å². The highest BCUT2D eigenvalue weighted by molar-refractivity contribution is 5.87. The Bertz CT molecular complexity index is 1320. The summed E-state index contributed by atoms with van der Waals surface area (Å²) < 4.78 is 54.0. The number of imidazole rings is 1. The SMILES string of the molecule is FC(F)(F)Oc1ccc(-c2ccc3onc(OCc4cn5ccccc5n4)c3c2)cc1. The number of halogens is 3. The quantitative estimate of drug-likeness (QED) is 0.366. The van der Waals surface area contributed by atoms with Crippen molar-refractivity contribution in [3.63, 3.8) is 0 Å². The lowest BCUT2D eigenvalue weighted by atomic mass is 10.0. The zero-order valence-corrected chi connectivity index (χ0v) is 15.8. The minimum absolute atomic E-state index is 0.205. The molecule has 0 fully saturated rings. The third-order valence-electron chi connectivity index (χ3n) is 4.63. The third-order valence-corrected chi connectivity index (χ3v) is 4.63. The van der Waals surface area contributed by atoms with Gasteiger partial charge in [-0.2, -0.15) is 0 Å². The van der Waals surface area contributed by atoms with E-state index in [1.807, 2.05) is 41.1 Å². The highest BCUT2D eigenvalue weighted by Crippen LogP contribution is 2.32. The number of fused-ring (bicyclic) bond motifs is 2. The summed E-state index contributed by atoms with van der Waals surface area (Å²) in [5, 5.41) is 4.63. The summed E-state index contributed by atoms with van der Waals surface area (Å²) >= 11 is 0. The number of alkyl halides is 3. The Morgan fingerprint density at radius 3 is 2.55 bits per heavy atom. The Labute approximate surface area is 173 Å². The van der Waals surface area contributed by atoms with Gasteiger partial charge in [-0.05, 0) is 52.7 Å². The van der Waals surface area contributed by atoms with Gasteiger partial charge in [0.05, 0.1) is 11.1 Å². The van der Waals surface area contributed by atoms with E-state index in [1.54, 1.807) is 24.3 Å². The van der Waals surface area contributed by atoms with Crippen LogP contribution in [0.15, 0.2) is 77.6 Å². The fraction of sp³-hybridized carbons (Fsp3) is 0.0909. The van der Waals surface area contributed by atoms with Crippen molar-refractivity contribution in [3.05, 3.63) is 78.8 Å². The minimum Gasteiger partial charge on any atom is -0.468 e. The maximum atomic E-state index is 12.3. The molecule has 0 saturated heterocycles. The number of ether oxygens (including phenoxy) is 2. The van der Waals surface area contributed by atoms with E-state index in [0.717, 1.165) is 16.9 Å². The van der Waals surface area contributed by atoms with Crippen molar-refractivity contribution in [3.8, 4) is 22.8 Å². The summed E-state index contributed by atoms with van der Waals surface area (Å²) in [7, 11) is 0. The van der Waals surface area contributed by atoms with Gasteiger partial charge in [0.2, 0.25) is 0 Å². The Morgan fingerprint density at radius 2 is 1.77 bits per heavy atom. The van der Waals surface area contributed by atoms with Gasteiger partial charge in [0.25, 0.3) is 5.88 Å². The first-order valence-electron chi connectivity index (χ1n) is 9.26. The Hall–Kier alpha value is -4.01. The fourth-order valence-corrected chi connectivity index (χ4v) is 3.25. The van der Waals surface area contributed by atoms with Crippen LogP contribution >= 0.6 is 0 Å². The zero-order valence-electron chi connectivity index (χ0n) is 15.8. The standard InChI is InChI=1S/C22H14F3N3O3/c23-22(24,25)30-17-7-4-14(5-8-17)15-6-9-19-18(11-15)21(27-31-19)29-13-16-12-28-10-2-1-3-20(28)26-16/h1-12H,13H2. The van der Waals surface area contributed by atoms with Crippen LogP contribution in [0.4, 0.5) is 13.2 Å². The van der Waals surface area contributed by atoms with Crippen molar-refractivity contribution in [1.29, 1.82) is 0 Å². The summed E-state index contributed by atoms with van der Waals surface area (Å²) in [5.74, 6) is 0.0321. The second kappa shape index (κ2) is 7.35. The lowest BCUT2D eigenvalue weighted by Crippen LogP contribution is -2.16. The maximum absolute atomic E-state index is 12.3. The third kappa shape index (κ3) is 4.02. The molecule has 31 heavy (non-hydrogen) atoms. The van der Waals surface area contributed by atoms with Crippen LogP contribution in [-0.4, -0.2) is 20.9 Å². The molecule has 156 valence electrons. The van der Waals surface area contributed by atoms with Crippen molar-refractivity contribution in [2.75, 3.05) is 0 Å². The molecule has 9 heteroatoms. The summed E-state index contributed by atoms with van der Waals surface area (Å²) in [6.07, 6.45) is -0.960. The van der Waals surface area contributed by atoms with E-state index in [9.17, 15) is 13.2 Å². The van der Waals surface area contributed by atoms with Gasteiger partial charge in [0, 0.05) is 12.4 Å². The molecule has 0 radical (unpaired) electrons. The second-order valence-electron chi connectivity index (χ2n) is 6.76. The van der Waals surface area contributed by atoms with Crippen LogP contribution < -0.4 is 9.47 Å². The van der Waals surface area contributed by atoms with Gasteiger partial charge in [-0.25, -0.2) is 4.98 Å². The van der Waals surface area contributed by atoms with E-state index in [0.29, 0.717) is 22.4 Å². The van der Waals surface area contributed by atoms with E-state index in [2.05, 4.69) is 14.9 Å². The molecule has 0 saturated carbocycles. The van der Waals surface area contributed by atoms with Crippen LogP contribution in [0.1, 0.15) is 5.69 Å². The number of hydrogen-bond donors (Lipinski definition) is 0. The van der Waals surface area contributed by atoms with Gasteiger partial charge in [-0.15, -0.1) is 13.2 Å². The Kier molecular flexibility index (Phi) is 4.50. The van der Waals surface area contributed by atoms with Crippen LogP contribution in [0.25, 0.3) is 27.7 Å². The van der Waals surface area contributed by atoms with E-state index in [-0.39, 0.29) is 12.4 Å². The summed E-state index contributed by atoms with van der Waals surface area (Å²) in [5.41, 5.74) is 3.56. The summed E-state index contributed by atoms with van der Waals surface area (Å²) in [6, 6.07) is 16.7. The first kappa shape index (κ1) is 19.0. The van der Waals surface area contributed by atoms with Crippen molar-refractivity contribution in [1.82, 2.24) is 14.5 Å². The molecule has 2 aromatic carbocycles. The number of benzene rings is 2. The van der Waals surface area contributed by atoms with Gasteiger partial charge in [-0.1, -0.05) is 24.3 Å². The number of pyridine rings is 1. The van der Waals surface area contributed by atoms with Crippen molar-refractivity contribution < 1.29 is 27.2 Å². The van der Waals surface area contributed by atoms with Crippen molar-refractivity contribution in [2.45, 2.75) is 13.0 Å². The maximum Gasteiger partial charge on any atom is 0.573 e. The van der Waals surface area contributed by atoms with Gasteiger partial charge in [0.15, 0.2) is 5.58 Å². The van der Waals surface area contributed by atoms with Crippen LogP contribution in [0.2, 0.25) is 0 Å². The molecule has 0 aliphatic heterocycles. The zero-order chi connectivity index (χ0) is 21.4. The summed E-state index contributed by atoms with van der Waals surface area (Å²) in [6.45, 7) is 0.205. The summed E-state index contributed by atoms with van der Waals surface area (Å²) in [4.78, 5) is 4.48. The largest absolute Gasteiger partial charge is 0.573 e. The predicted octanol–water partition coefficient (Wildman–Crippen LogP) is 5.62. The smallest absolute Gasteiger partial charge is 0.468 e.